The Kier molecular flexibility index (Phi) is 5.01. The van der Waals surface area contributed by atoms with E-state index < -0.39 is 0 Å². The van der Waals surface area contributed by atoms with Crippen molar-refractivity contribution >= 4 is 11.6 Å². The maximum absolute atomic E-state index is 12.2. The Morgan fingerprint density at radius 2 is 1.71 bits per heavy atom. The van der Waals surface area contributed by atoms with Crippen LogP contribution in [0.3, 0.4) is 0 Å². The van der Waals surface area contributed by atoms with Crippen LogP contribution in [-0.2, 0) is 18.3 Å². The minimum absolute atomic E-state index is 0.103. The number of aromatic nitrogens is 3. The van der Waals surface area contributed by atoms with Gasteiger partial charge in [0.1, 0.15) is 5.69 Å². The van der Waals surface area contributed by atoms with Crippen molar-refractivity contribution in [2.24, 2.45) is 7.05 Å². The molecule has 0 saturated carbocycles. The summed E-state index contributed by atoms with van der Waals surface area (Å²) in [6.45, 7) is 0. The van der Waals surface area contributed by atoms with E-state index in [1.54, 1.807) is 24.1 Å². The summed E-state index contributed by atoms with van der Waals surface area (Å²) in [5.74, 6) is 1.15. The van der Waals surface area contributed by atoms with Gasteiger partial charge in [-0.25, -0.2) is 4.98 Å². The molecule has 6 nitrogen and oxygen atoms in total. The second-order valence-corrected chi connectivity index (χ2v) is 6.47. The van der Waals surface area contributed by atoms with Gasteiger partial charge in [0.15, 0.2) is 11.7 Å². The number of nitrogens with zero attached hydrogens (tertiary/aromatic N) is 3. The van der Waals surface area contributed by atoms with Gasteiger partial charge in [0.05, 0.1) is 11.9 Å². The largest absolute Gasteiger partial charge is 0.440 e. The molecular formula is C22H20N4O2. The Morgan fingerprint density at radius 1 is 1.04 bits per heavy atom. The molecule has 0 radical (unpaired) electrons. The number of rotatable bonds is 6. The fraction of sp³-hybridized carbons (Fsp3) is 0.136. The Hall–Kier alpha value is -3.67. The van der Waals surface area contributed by atoms with Crippen molar-refractivity contribution in [1.29, 1.82) is 0 Å². The van der Waals surface area contributed by atoms with E-state index in [2.05, 4.69) is 15.4 Å². The number of hydrogen-bond acceptors (Lipinski definition) is 4. The molecule has 2 aromatic carbocycles. The van der Waals surface area contributed by atoms with Crippen molar-refractivity contribution in [2.75, 3.05) is 5.32 Å². The average Bonchev–Trinajstić information content (AvgIpc) is 3.34. The number of carbonyl (C=O) groups excluding carboxylic acids is 1. The number of carbonyl (C=O) groups is 1. The van der Waals surface area contributed by atoms with Gasteiger partial charge < -0.3 is 9.73 Å². The topological polar surface area (TPSA) is 73.0 Å². The third-order valence-corrected chi connectivity index (χ3v) is 4.31. The van der Waals surface area contributed by atoms with Gasteiger partial charge in [-0.1, -0.05) is 60.7 Å². The molecule has 0 aliphatic heterocycles. The molecule has 0 bridgehead atoms. The van der Waals surface area contributed by atoms with E-state index in [9.17, 15) is 4.79 Å². The van der Waals surface area contributed by atoms with E-state index in [1.165, 1.54) is 0 Å². The first-order valence-electron chi connectivity index (χ1n) is 9.08. The van der Waals surface area contributed by atoms with E-state index in [0.29, 0.717) is 18.0 Å². The monoisotopic (exact) mass is 372 g/mol. The summed E-state index contributed by atoms with van der Waals surface area (Å²) in [5, 5.41) is 6.87. The smallest absolute Gasteiger partial charge is 0.224 e. The van der Waals surface area contributed by atoms with Gasteiger partial charge in [0.25, 0.3) is 0 Å². The van der Waals surface area contributed by atoms with Crippen LogP contribution in [0.1, 0.15) is 12.3 Å². The average molecular weight is 372 g/mol. The maximum atomic E-state index is 12.2. The third-order valence-electron chi connectivity index (χ3n) is 4.31. The lowest BCUT2D eigenvalue weighted by Gasteiger charge is -2.01. The van der Waals surface area contributed by atoms with Crippen molar-refractivity contribution < 1.29 is 9.21 Å². The van der Waals surface area contributed by atoms with Crippen molar-refractivity contribution in [3.05, 3.63) is 78.9 Å². The van der Waals surface area contributed by atoms with Gasteiger partial charge >= 0.3 is 0 Å². The van der Waals surface area contributed by atoms with E-state index in [1.807, 2.05) is 60.7 Å². The maximum Gasteiger partial charge on any atom is 0.224 e. The first-order chi connectivity index (χ1) is 13.7. The molecular weight excluding hydrogens is 352 g/mol. The zero-order chi connectivity index (χ0) is 19.3. The molecule has 0 saturated heterocycles. The van der Waals surface area contributed by atoms with Crippen molar-refractivity contribution in [2.45, 2.75) is 12.8 Å². The van der Waals surface area contributed by atoms with Crippen molar-refractivity contribution in [1.82, 2.24) is 14.8 Å². The fourth-order valence-corrected chi connectivity index (χ4v) is 2.98. The molecule has 4 aromatic rings. The van der Waals surface area contributed by atoms with Crippen LogP contribution in [0.2, 0.25) is 0 Å². The number of nitrogens with one attached hydrogen (secondary N) is 1. The highest BCUT2D eigenvalue weighted by Crippen LogP contribution is 2.32. The Labute approximate surface area is 162 Å². The van der Waals surface area contributed by atoms with Crippen molar-refractivity contribution in [3.63, 3.8) is 0 Å². The number of oxazole rings is 1. The predicted molar refractivity (Wildman–Crippen MR) is 108 cm³/mol. The standard InChI is InChI=1S/C22H20N4O2/c1-26-15-18(14-23-26)24-19(27)12-13-20-25-21(16-8-4-2-5-9-16)22(28-20)17-10-6-3-7-11-17/h2-11,14-15H,12-13H2,1H3,(H,24,27). The summed E-state index contributed by atoms with van der Waals surface area (Å²) in [4.78, 5) is 16.9. The minimum atomic E-state index is -0.103. The number of anilines is 1. The molecule has 1 N–H and O–H groups in total. The van der Waals surface area contributed by atoms with Crippen LogP contribution >= 0.6 is 0 Å². The lowest BCUT2D eigenvalue weighted by atomic mass is 10.1. The zero-order valence-corrected chi connectivity index (χ0v) is 15.5. The third kappa shape index (κ3) is 4.01. The van der Waals surface area contributed by atoms with E-state index in [4.69, 9.17) is 4.42 Å². The molecule has 0 unspecified atom stereocenters. The Balaban J connectivity index is 1.54. The van der Waals surface area contributed by atoms with Crippen LogP contribution in [0.25, 0.3) is 22.6 Å². The lowest BCUT2D eigenvalue weighted by molar-refractivity contribution is -0.116. The molecule has 2 aromatic heterocycles. The quantitative estimate of drug-likeness (QED) is 0.547. The summed E-state index contributed by atoms with van der Waals surface area (Å²) in [6.07, 6.45) is 4.06. The van der Waals surface area contributed by atoms with E-state index in [-0.39, 0.29) is 12.3 Å². The SMILES string of the molecule is Cn1cc(NC(=O)CCc2nc(-c3ccccc3)c(-c3ccccc3)o2)cn1. The predicted octanol–water partition coefficient (Wildman–Crippen LogP) is 4.31. The van der Waals surface area contributed by atoms with Gasteiger partial charge in [0, 0.05) is 37.2 Å². The van der Waals surface area contributed by atoms with E-state index in [0.717, 1.165) is 22.6 Å². The number of amides is 1. The Morgan fingerprint density at radius 3 is 2.36 bits per heavy atom. The molecule has 0 aliphatic rings. The highest BCUT2D eigenvalue weighted by atomic mass is 16.4. The van der Waals surface area contributed by atoms with Crippen LogP contribution in [-0.4, -0.2) is 20.7 Å². The fourth-order valence-electron chi connectivity index (χ4n) is 2.98. The van der Waals surface area contributed by atoms with Gasteiger partial charge in [0.2, 0.25) is 5.91 Å². The normalized spacial score (nSPS) is 10.8. The molecule has 140 valence electrons. The number of aryl methyl sites for hydroxylation is 2. The van der Waals surface area contributed by atoms with Crippen LogP contribution in [0.5, 0.6) is 0 Å². The molecule has 28 heavy (non-hydrogen) atoms. The van der Waals surface area contributed by atoms with Crippen molar-refractivity contribution in [3.8, 4) is 22.6 Å². The number of hydrogen-bond donors (Lipinski definition) is 1. The summed E-state index contributed by atoms with van der Waals surface area (Å²) in [6, 6.07) is 19.8. The second-order valence-electron chi connectivity index (χ2n) is 6.47. The summed E-state index contributed by atoms with van der Waals surface area (Å²) in [5.41, 5.74) is 3.40. The zero-order valence-electron chi connectivity index (χ0n) is 15.5. The van der Waals surface area contributed by atoms with Crippen LogP contribution in [0, 0.1) is 0 Å². The summed E-state index contributed by atoms with van der Waals surface area (Å²) >= 11 is 0. The van der Waals surface area contributed by atoms with Crippen LogP contribution in [0.15, 0.2) is 77.5 Å². The van der Waals surface area contributed by atoms with Gasteiger partial charge in [-0.3, -0.25) is 9.48 Å². The summed E-state index contributed by atoms with van der Waals surface area (Å²) < 4.78 is 7.69. The molecule has 0 atom stereocenters. The highest BCUT2D eigenvalue weighted by molar-refractivity contribution is 5.90. The molecule has 2 heterocycles. The van der Waals surface area contributed by atoms with Gasteiger partial charge in [-0.2, -0.15) is 5.10 Å². The molecule has 1 amide bonds. The van der Waals surface area contributed by atoms with Gasteiger partial charge in [-0.15, -0.1) is 0 Å². The van der Waals surface area contributed by atoms with E-state index >= 15 is 0 Å². The highest BCUT2D eigenvalue weighted by Gasteiger charge is 2.17. The molecule has 4 rings (SSSR count). The Bertz CT molecular complexity index is 1010. The molecule has 0 fully saturated rings. The first kappa shape index (κ1) is 17.7. The second kappa shape index (κ2) is 7.92. The molecule has 0 aliphatic carbocycles. The molecule has 0 spiro atoms. The van der Waals surface area contributed by atoms with Crippen LogP contribution in [0.4, 0.5) is 5.69 Å². The minimum Gasteiger partial charge on any atom is -0.440 e. The number of benzene rings is 2. The lowest BCUT2D eigenvalue weighted by Crippen LogP contribution is -2.11. The summed E-state index contributed by atoms with van der Waals surface area (Å²) in [7, 11) is 1.80. The first-order valence-corrected chi connectivity index (χ1v) is 9.08. The molecule has 6 heteroatoms. The van der Waals surface area contributed by atoms with Crippen LogP contribution < -0.4 is 5.32 Å². The van der Waals surface area contributed by atoms with Gasteiger partial charge in [-0.05, 0) is 0 Å².